The number of carbonyl (C=O) groups is 1. The highest BCUT2D eigenvalue weighted by Crippen LogP contribution is 2.21. The molecule has 1 aliphatic heterocycles. The molecule has 0 atom stereocenters. The molecule has 0 radical (unpaired) electrons. The number of para-hydroxylation sites is 1. The number of anilines is 1. The van der Waals surface area contributed by atoms with Crippen molar-refractivity contribution in [2.75, 3.05) is 38.0 Å². The number of nitrogens with one attached hydrogen (secondary N) is 1. The number of amides is 1. The number of rotatable bonds is 7. The number of ether oxygens (including phenoxy) is 1. The van der Waals surface area contributed by atoms with Crippen molar-refractivity contribution in [3.63, 3.8) is 0 Å². The lowest BCUT2D eigenvalue weighted by Gasteiger charge is -2.34. The Morgan fingerprint density at radius 1 is 0.971 bits per heavy atom. The van der Waals surface area contributed by atoms with Gasteiger partial charge in [-0.25, -0.2) is 12.8 Å². The van der Waals surface area contributed by atoms with Gasteiger partial charge in [-0.3, -0.25) is 14.4 Å². The van der Waals surface area contributed by atoms with Crippen molar-refractivity contribution < 1.29 is 22.3 Å². The number of nitrogens with zero attached hydrogens (tertiary/aromatic N) is 2. The van der Waals surface area contributed by atoms with Crippen LogP contribution in [-0.2, 0) is 16.6 Å². The predicted octanol–water partition coefficient (Wildman–Crippen LogP) is 3.59. The molecule has 0 unspecified atom stereocenters. The summed E-state index contributed by atoms with van der Waals surface area (Å²) in [6.45, 7) is 3.29. The zero-order chi connectivity index (χ0) is 24.1. The minimum Gasteiger partial charge on any atom is -0.497 e. The molecule has 1 N–H and O–H groups in total. The van der Waals surface area contributed by atoms with E-state index >= 15 is 0 Å². The van der Waals surface area contributed by atoms with Crippen LogP contribution in [0.5, 0.6) is 5.75 Å². The predicted molar refractivity (Wildman–Crippen MR) is 128 cm³/mol. The van der Waals surface area contributed by atoms with Crippen LogP contribution in [0.3, 0.4) is 0 Å². The van der Waals surface area contributed by atoms with Crippen LogP contribution in [0.1, 0.15) is 15.9 Å². The molecule has 1 saturated heterocycles. The van der Waals surface area contributed by atoms with Crippen molar-refractivity contribution in [1.29, 1.82) is 0 Å². The molecule has 0 bridgehead atoms. The van der Waals surface area contributed by atoms with E-state index in [1.165, 1.54) is 48.0 Å². The Balaban J connectivity index is 1.39. The lowest BCUT2D eigenvalue weighted by atomic mass is 10.1. The van der Waals surface area contributed by atoms with Crippen molar-refractivity contribution in [3.8, 4) is 5.75 Å². The van der Waals surface area contributed by atoms with Gasteiger partial charge in [0.05, 0.1) is 17.7 Å². The molecule has 0 aliphatic carbocycles. The fourth-order valence-electron chi connectivity index (χ4n) is 3.82. The number of hydrogen-bond acceptors (Lipinski definition) is 5. The number of carbonyl (C=O) groups excluding carboxylic acids is 1. The Labute approximate surface area is 198 Å². The number of halogens is 1. The molecule has 4 rings (SSSR count). The summed E-state index contributed by atoms with van der Waals surface area (Å²) in [4.78, 5) is 16.9. The van der Waals surface area contributed by atoms with E-state index in [1.807, 2.05) is 24.3 Å². The summed E-state index contributed by atoms with van der Waals surface area (Å²) < 4.78 is 46.8. The van der Waals surface area contributed by atoms with Crippen molar-refractivity contribution in [3.05, 3.63) is 89.7 Å². The molecule has 0 aromatic heterocycles. The molecule has 1 aliphatic rings. The van der Waals surface area contributed by atoms with Crippen molar-refractivity contribution in [2.45, 2.75) is 11.4 Å². The second-order valence-electron chi connectivity index (χ2n) is 8.03. The Morgan fingerprint density at radius 2 is 1.68 bits per heavy atom. The van der Waals surface area contributed by atoms with E-state index in [-0.39, 0.29) is 22.1 Å². The van der Waals surface area contributed by atoms with E-state index in [9.17, 15) is 17.6 Å². The highest BCUT2D eigenvalue weighted by Gasteiger charge is 2.24. The largest absolute Gasteiger partial charge is 0.497 e. The number of sulfonamides is 1. The lowest BCUT2D eigenvalue weighted by molar-refractivity contribution is 0.0628. The third-order valence-corrected chi connectivity index (χ3v) is 7.10. The van der Waals surface area contributed by atoms with Crippen molar-refractivity contribution in [2.24, 2.45) is 0 Å². The standard InChI is InChI=1S/C25H26FN3O4S/c1-33-21-11-9-19(10-12-21)18-28-13-15-29(16-14-28)25(30)20-5-4-6-22(17-20)34(31,32)27-24-8-3-2-7-23(24)26/h2-12,17,27H,13-16,18H2,1H3. The number of piperazine rings is 1. The van der Waals surface area contributed by atoms with E-state index in [1.54, 1.807) is 18.1 Å². The monoisotopic (exact) mass is 483 g/mol. The minimum atomic E-state index is -4.05. The molecule has 178 valence electrons. The van der Waals surface area contributed by atoms with Gasteiger partial charge in [-0.15, -0.1) is 0 Å². The highest BCUT2D eigenvalue weighted by molar-refractivity contribution is 7.92. The van der Waals surface area contributed by atoms with Gasteiger partial charge < -0.3 is 9.64 Å². The second kappa shape index (κ2) is 10.2. The molecule has 0 spiro atoms. The molecule has 7 nitrogen and oxygen atoms in total. The zero-order valence-corrected chi connectivity index (χ0v) is 19.6. The molecular formula is C25H26FN3O4S. The number of hydrogen-bond donors (Lipinski definition) is 1. The third-order valence-electron chi connectivity index (χ3n) is 5.73. The topological polar surface area (TPSA) is 79.0 Å². The smallest absolute Gasteiger partial charge is 0.262 e. The molecule has 1 amide bonds. The molecule has 3 aromatic carbocycles. The second-order valence-corrected chi connectivity index (χ2v) is 9.71. The third kappa shape index (κ3) is 5.55. The van der Waals surface area contributed by atoms with Crippen LogP contribution >= 0.6 is 0 Å². The van der Waals surface area contributed by atoms with Gasteiger partial charge in [-0.2, -0.15) is 0 Å². The number of benzene rings is 3. The van der Waals surface area contributed by atoms with Crippen LogP contribution in [0.15, 0.2) is 77.7 Å². The first-order chi connectivity index (χ1) is 16.4. The quantitative estimate of drug-likeness (QED) is 0.556. The Bertz CT molecular complexity index is 1260. The van der Waals surface area contributed by atoms with E-state index in [2.05, 4.69) is 9.62 Å². The average Bonchev–Trinajstić information content (AvgIpc) is 2.86. The first-order valence-electron chi connectivity index (χ1n) is 10.9. The van der Waals surface area contributed by atoms with Gasteiger partial charge in [0.2, 0.25) is 0 Å². The SMILES string of the molecule is COc1ccc(CN2CCN(C(=O)c3cccc(S(=O)(=O)Nc4ccccc4F)c3)CC2)cc1. The zero-order valence-electron chi connectivity index (χ0n) is 18.8. The maximum atomic E-state index is 13.9. The van der Waals surface area contributed by atoms with Gasteiger partial charge in [-0.1, -0.05) is 30.3 Å². The summed E-state index contributed by atoms with van der Waals surface area (Å²) in [6.07, 6.45) is 0. The van der Waals surface area contributed by atoms with E-state index < -0.39 is 15.8 Å². The van der Waals surface area contributed by atoms with E-state index in [0.29, 0.717) is 26.2 Å². The Kier molecular flexibility index (Phi) is 7.14. The summed E-state index contributed by atoms with van der Waals surface area (Å²) in [7, 11) is -2.41. The van der Waals surface area contributed by atoms with Crippen molar-refractivity contribution >= 4 is 21.6 Å². The minimum absolute atomic E-state index is 0.0975. The summed E-state index contributed by atoms with van der Waals surface area (Å²) in [5.74, 6) is -0.0923. The Morgan fingerprint density at radius 3 is 2.35 bits per heavy atom. The van der Waals surface area contributed by atoms with Crippen LogP contribution in [0, 0.1) is 5.82 Å². The molecule has 1 fully saturated rings. The lowest BCUT2D eigenvalue weighted by Crippen LogP contribution is -2.48. The summed E-state index contributed by atoms with van der Waals surface area (Å²) in [5.41, 5.74) is 1.30. The summed E-state index contributed by atoms with van der Waals surface area (Å²) in [5, 5.41) is 0. The summed E-state index contributed by atoms with van der Waals surface area (Å²) >= 11 is 0. The maximum Gasteiger partial charge on any atom is 0.262 e. The molecule has 3 aromatic rings. The molecule has 34 heavy (non-hydrogen) atoms. The fourth-order valence-corrected chi connectivity index (χ4v) is 4.94. The van der Waals surface area contributed by atoms with E-state index in [4.69, 9.17) is 4.74 Å². The first kappa shape index (κ1) is 23.7. The first-order valence-corrected chi connectivity index (χ1v) is 12.4. The summed E-state index contributed by atoms with van der Waals surface area (Å²) in [6, 6.07) is 19.3. The van der Waals surface area contributed by atoms with Gasteiger partial charge in [0.15, 0.2) is 0 Å². The molecule has 1 heterocycles. The maximum absolute atomic E-state index is 13.9. The van der Waals surface area contributed by atoms with Gasteiger partial charge in [-0.05, 0) is 48.0 Å². The fraction of sp³-hybridized carbons (Fsp3) is 0.240. The molecule has 9 heteroatoms. The van der Waals surface area contributed by atoms with Crippen LogP contribution in [0.4, 0.5) is 10.1 Å². The van der Waals surface area contributed by atoms with E-state index in [0.717, 1.165) is 12.3 Å². The highest BCUT2D eigenvalue weighted by atomic mass is 32.2. The van der Waals surface area contributed by atoms with Crippen LogP contribution in [0.2, 0.25) is 0 Å². The number of methoxy groups -OCH3 is 1. The van der Waals surface area contributed by atoms with Gasteiger partial charge >= 0.3 is 0 Å². The van der Waals surface area contributed by atoms with Gasteiger partial charge in [0, 0.05) is 38.3 Å². The van der Waals surface area contributed by atoms with Gasteiger partial charge in [0.25, 0.3) is 15.9 Å². The normalized spacial score (nSPS) is 14.6. The molecule has 0 saturated carbocycles. The van der Waals surface area contributed by atoms with Crippen LogP contribution in [0.25, 0.3) is 0 Å². The van der Waals surface area contributed by atoms with Crippen LogP contribution in [-0.4, -0.2) is 57.4 Å². The Hall–Kier alpha value is -3.43. The van der Waals surface area contributed by atoms with Gasteiger partial charge in [0.1, 0.15) is 11.6 Å². The molecular weight excluding hydrogens is 457 g/mol. The average molecular weight is 484 g/mol. The van der Waals surface area contributed by atoms with Crippen LogP contribution < -0.4 is 9.46 Å². The van der Waals surface area contributed by atoms with Crippen molar-refractivity contribution in [1.82, 2.24) is 9.80 Å².